The maximum Gasteiger partial charge on any atom is 0.225 e. The number of rotatable bonds is 4. The third-order valence-corrected chi connectivity index (χ3v) is 4.07. The van der Waals surface area contributed by atoms with Gasteiger partial charge in [0.2, 0.25) is 5.91 Å². The Morgan fingerprint density at radius 2 is 2.31 bits per heavy atom. The van der Waals surface area contributed by atoms with Crippen LogP contribution in [-0.2, 0) is 9.53 Å². The van der Waals surface area contributed by atoms with Crippen molar-refractivity contribution in [1.29, 1.82) is 0 Å². The minimum atomic E-state index is -0.172. The van der Waals surface area contributed by atoms with Gasteiger partial charge in [-0.15, -0.1) is 0 Å². The Hall–Kier alpha value is -0.610. The molecule has 0 aromatic heterocycles. The van der Waals surface area contributed by atoms with Gasteiger partial charge in [-0.05, 0) is 25.7 Å². The van der Waals surface area contributed by atoms with Crippen LogP contribution in [0.3, 0.4) is 0 Å². The molecule has 0 aromatic carbocycles. The second kappa shape index (κ2) is 4.72. The SMILES string of the molecule is COC1(CC(=O)N2CCC(CO)C2)CCC1. The largest absolute Gasteiger partial charge is 0.396 e. The lowest BCUT2D eigenvalue weighted by atomic mass is 9.77. The topological polar surface area (TPSA) is 49.8 Å². The Morgan fingerprint density at radius 1 is 1.56 bits per heavy atom. The zero-order chi connectivity index (χ0) is 11.6. The van der Waals surface area contributed by atoms with Gasteiger partial charge in [0.05, 0.1) is 12.0 Å². The molecular formula is C12H21NO3. The molecule has 4 heteroatoms. The van der Waals surface area contributed by atoms with E-state index in [1.165, 1.54) is 6.42 Å². The van der Waals surface area contributed by atoms with Crippen LogP contribution in [0.4, 0.5) is 0 Å². The van der Waals surface area contributed by atoms with Crippen LogP contribution < -0.4 is 0 Å². The summed E-state index contributed by atoms with van der Waals surface area (Å²) in [6.07, 6.45) is 4.63. The van der Waals surface area contributed by atoms with E-state index in [0.29, 0.717) is 6.42 Å². The van der Waals surface area contributed by atoms with Crippen LogP contribution in [0.2, 0.25) is 0 Å². The Kier molecular flexibility index (Phi) is 3.50. The molecule has 2 rings (SSSR count). The molecule has 1 heterocycles. The first-order valence-electron chi connectivity index (χ1n) is 6.13. The molecule has 1 atom stereocenters. The van der Waals surface area contributed by atoms with E-state index in [4.69, 9.17) is 9.84 Å². The molecule has 0 radical (unpaired) electrons. The van der Waals surface area contributed by atoms with Crippen molar-refractivity contribution in [2.75, 3.05) is 26.8 Å². The van der Waals surface area contributed by atoms with E-state index >= 15 is 0 Å². The lowest BCUT2D eigenvalue weighted by Crippen LogP contribution is -2.44. The number of methoxy groups -OCH3 is 1. The molecule has 1 unspecified atom stereocenters. The van der Waals surface area contributed by atoms with E-state index in [9.17, 15) is 4.79 Å². The second-order valence-corrected chi connectivity index (χ2v) is 5.09. The number of ether oxygens (including phenoxy) is 1. The van der Waals surface area contributed by atoms with Gasteiger partial charge in [-0.25, -0.2) is 0 Å². The summed E-state index contributed by atoms with van der Waals surface area (Å²) >= 11 is 0. The van der Waals surface area contributed by atoms with Crippen LogP contribution >= 0.6 is 0 Å². The van der Waals surface area contributed by atoms with Gasteiger partial charge in [-0.2, -0.15) is 0 Å². The third kappa shape index (κ3) is 2.23. The van der Waals surface area contributed by atoms with E-state index in [1.54, 1.807) is 7.11 Å². The van der Waals surface area contributed by atoms with Crippen LogP contribution in [0.1, 0.15) is 32.1 Å². The van der Waals surface area contributed by atoms with Crippen LogP contribution in [0, 0.1) is 5.92 Å². The van der Waals surface area contributed by atoms with Crippen molar-refractivity contribution in [2.24, 2.45) is 5.92 Å². The Balaban J connectivity index is 1.84. The standard InChI is InChI=1S/C12H21NO3/c1-16-12(4-2-5-12)7-11(15)13-6-3-10(8-13)9-14/h10,14H,2-9H2,1H3. The number of aliphatic hydroxyl groups is 1. The Bertz CT molecular complexity index is 257. The summed E-state index contributed by atoms with van der Waals surface area (Å²) < 4.78 is 5.46. The van der Waals surface area contributed by atoms with Crippen LogP contribution in [0.25, 0.3) is 0 Å². The van der Waals surface area contributed by atoms with Gasteiger partial charge in [0.15, 0.2) is 0 Å². The first-order valence-corrected chi connectivity index (χ1v) is 6.13. The highest BCUT2D eigenvalue weighted by Crippen LogP contribution is 2.38. The number of carbonyl (C=O) groups excluding carboxylic acids is 1. The molecule has 92 valence electrons. The Morgan fingerprint density at radius 3 is 2.75 bits per heavy atom. The number of aliphatic hydroxyl groups excluding tert-OH is 1. The molecular weight excluding hydrogens is 206 g/mol. The van der Waals surface area contributed by atoms with E-state index in [0.717, 1.165) is 32.4 Å². The van der Waals surface area contributed by atoms with Gasteiger partial charge in [-0.3, -0.25) is 4.79 Å². The fourth-order valence-electron chi connectivity index (χ4n) is 2.62. The lowest BCUT2D eigenvalue weighted by Gasteiger charge is -2.40. The van der Waals surface area contributed by atoms with Crippen LogP contribution in [0.15, 0.2) is 0 Å². The molecule has 0 aromatic rings. The summed E-state index contributed by atoms with van der Waals surface area (Å²) in [5.41, 5.74) is -0.172. The normalized spacial score (nSPS) is 27.9. The molecule has 1 saturated heterocycles. The van der Waals surface area contributed by atoms with Gasteiger partial charge in [0.25, 0.3) is 0 Å². The van der Waals surface area contributed by atoms with Crippen molar-refractivity contribution in [3.63, 3.8) is 0 Å². The lowest BCUT2D eigenvalue weighted by molar-refractivity contribution is -0.143. The number of nitrogens with zero attached hydrogens (tertiary/aromatic N) is 1. The van der Waals surface area contributed by atoms with Crippen molar-refractivity contribution in [3.05, 3.63) is 0 Å². The fourth-order valence-corrected chi connectivity index (χ4v) is 2.62. The number of amides is 1. The molecule has 0 spiro atoms. The van der Waals surface area contributed by atoms with Crippen LogP contribution in [0.5, 0.6) is 0 Å². The maximum atomic E-state index is 12.0. The van der Waals surface area contributed by atoms with Crippen molar-refractivity contribution in [3.8, 4) is 0 Å². The highest BCUT2D eigenvalue weighted by atomic mass is 16.5. The summed E-state index contributed by atoms with van der Waals surface area (Å²) in [5.74, 6) is 0.473. The summed E-state index contributed by atoms with van der Waals surface area (Å²) in [5, 5.41) is 9.04. The minimum absolute atomic E-state index is 0.172. The Labute approximate surface area is 96.6 Å². The molecule has 2 aliphatic rings. The fraction of sp³-hybridized carbons (Fsp3) is 0.917. The zero-order valence-electron chi connectivity index (χ0n) is 9.95. The minimum Gasteiger partial charge on any atom is -0.396 e. The quantitative estimate of drug-likeness (QED) is 0.772. The first-order chi connectivity index (χ1) is 7.69. The number of hydrogen-bond donors (Lipinski definition) is 1. The zero-order valence-corrected chi connectivity index (χ0v) is 9.95. The van der Waals surface area contributed by atoms with E-state index in [2.05, 4.69) is 0 Å². The number of hydrogen-bond acceptors (Lipinski definition) is 3. The second-order valence-electron chi connectivity index (χ2n) is 5.09. The van der Waals surface area contributed by atoms with Gasteiger partial charge in [0.1, 0.15) is 0 Å². The molecule has 1 aliphatic heterocycles. The van der Waals surface area contributed by atoms with Crippen molar-refractivity contribution in [2.45, 2.75) is 37.7 Å². The average Bonchev–Trinajstić information content (AvgIpc) is 2.71. The van der Waals surface area contributed by atoms with Crippen molar-refractivity contribution >= 4 is 5.91 Å². The molecule has 1 amide bonds. The van der Waals surface area contributed by atoms with E-state index in [1.807, 2.05) is 4.90 Å². The van der Waals surface area contributed by atoms with E-state index in [-0.39, 0.29) is 24.0 Å². The van der Waals surface area contributed by atoms with Crippen LogP contribution in [-0.4, -0.2) is 48.3 Å². The molecule has 0 bridgehead atoms. The van der Waals surface area contributed by atoms with Gasteiger partial charge < -0.3 is 14.7 Å². The molecule has 16 heavy (non-hydrogen) atoms. The van der Waals surface area contributed by atoms with Crippen molar-refractivity contribution in [1.82, 2.24) is 4.90 Å². The summed E-state index contributed by atoms with van der Waals surface area (Å²) in [7, 11) is 1.70. The summed E-state index contributed by atoms with van der Waals surface area (Å²) in [6, 6.07) is 0. The molecule has 2 fully saturated rings. The predicted molar refractivity (Wildman–Crippen MR) is 60.0 cm³/mol. The monoisotopic (exact) mass is 227 g/mol. The predicted octanol–water partition coefficient (Wildman–Crippen LogP) is 0.786. The van der Waals surface area contributed by atoms with E-state index < -0.39 is 0 Å². The molecule has 1 saturated carbocycles. The average molecular weight is 227 g/mol. The van der Waals surface area contributed by atoms with Crippen molar-refractivity contribution < 1.29 is 14.6 Å². The number of carbonyl (C=O) groups is 1. The summed E-state index contributed by atoms with van der Waals surface area (Å²) in [6.45, 7) is 1.71. The summed E-state index contributed by atoms with van der Waals surface area (Å²) in [4.78, 5) is 13.9. The third-order valence-electron chi connectivity index (χ3n) is 4.07. The highest BCUT2D eigenvalue weighted by molar-refractivity contribution is 5.77. The highest BCUT2D eigenvalue weighted by Gasteiger charge is 2.40. The number of likely N-dealkylation sites (tertiary alicyclic amines) is 1. The molecule has 1 N–H and O–H groups in total. The molecule has 4 nitrogen and oxygen atoms in total. The van der Waals surface area contributed by atoms with Gasteiger partial charge >= 0.3 is 0 Å². The first kappa shape index (κ1) is 11.9. The maximum absolute atomic E-state index is 12.0. The smallest absolute Gasteiger partial charge is 0.225 e. The molecule has 1 aliphatic carbocycles. The van der Waals surface area contributed by atoms with Gasteiger partial charge in [-0.1, -0.05) is 0 Å². The van der Waals surface area contributed by atoms with Gasteiger partial charge in [0, 0.05) is 32.7 Å².